The van der Waals surface area contributed by atoms with E-state index in [2.05, 4.69) is 28.9 Å². The fraction of sp³-hybridized carbons (Fsp3) is 0.500. The summed E-state index contributed by atoms with van der Waals surface area (Å²) in [5.74, 6) is -0.0303. The van der Waals surface area contributed by atoms with Gasteiger partial charge < -0.3 is 15.8 Å². The fourth-order valence-electron chi connectivity index (χ4n) is 1.45. The number of methoxy groups -OCH3 is 1. The van der Waals surface area contributed by atoms with E-state index in [1.165, 1.54) is 7.11 Å². The van der Waals surface area contributed by atoms with Gasteiger partial charge in [-0.3, -0.25) is 0 Å². The summed E-state index contributed by atoms with van der Waals surface area (Å²) in [5.41, 5.74) is 6.79. The maximum atomic E-state index is 11.3. The highest BCUT2D eigenvalue weighted by molar-refractivity contribution is 5.88. The number of carbonyl (C=O) groups is 1. The molecule has 0 aliphatic carbocycles. The van der Waals surface area contributed by atoms with Crippen molar-refractivity contribution in [2.45, 2.75) is 19.9 Å². The number of nitrogens with two attached hydrogens (primary N) is 1. The van der Waals surface area contributed by atoms with Gasteiger partial charge in [-0.1, -0.05) is 13.8 Å². The molecule has 0 saturated carbocycles. The quantitative estimate of drug-likeness (QED) is 0.754. The molecule has 17 heavy (non-hydrogen) atoms. The number of carbonyl (C=O) groups excluding carboxylic acids is 1. The number of anilines is 1. The van der Waals surface area contributed by atoms with Crippen molar-refractivity contribution in [2.24, 2.45) is 11.7 Å². The summed E-state index contributed by atoms with van der Waals surface area (Å²) in [7, 11) is 1.33. The normalized spacial score (nSPS) is 12.3. The second-order valence-electron chi connectivity index (χ2n) is 4.15. The second kappa shape index (κ2) is 6.20. The molecule has 0 aliphatic rings. The zero-order valence-corrected chi connectivity index (χ0v) is 10.4. The Hall–Kier alpha value is -1.62. The summed E-state index contributed by atoms with van der Waals surface area (Å²) < 4.78 is 4.62. The van der Waals surface area contributed by atoms with Gasteiger partial charge in [0.05, 0.1) is 7.11 Å². The van der Waals surface area contributed by atoms with Crippen LogP contribution in [0.1, 0.15) is 24.3 Å². The highest BCUT2D eigenvalue weighted by Gasteiger charge is 2.12. The lowest BCUT2D eigenvalue weighted by Gasteiger charge is -2.21. The molecule has 0 spiro atoms. The minimum absolute atomic E-state index is 0.169. The van der Waals surface area contributed by atoms with Crippen LogP contribution in [0.4, 0.5) is 5.69 Å². The Kier molecular flexibility index (Phi) is 4.90. The molecule has 0 fully saturated rings. The minimum Gasteiger partial charge on any atom is -0.464 e. The monoisotopic (exact) mass is 237 g/mol. The van der Waals surface area contributed by atoms with Crippen LogP contribution >= 0.6 is 0 Å². The number of nitrogens with zero attached hydrogens (tertiary/aromatic N) is 1. The lowest BCUT2D eigenvalue weighted by atomic mass is 10.0. The van der Waals surface area contributed by atoms with Crippen LogP contribution in [-0.4, -0.2) is 30.6 Å². The van der Waals surface area contributed by atoms with Crippen LogP contribution in [-0.2, 0) is 4.74 Å². The zero-order chi connectivity index (χ0) is 12.8. The standard InChI is InChI=1S/C12H19N3O2/c1-8(2)11(7-13)15-9-4-5-14-10(6-9)12(16)17-3/h4-6,8,11H,7,13H2,1-3H3,(H,14,15). The van der Waals surface area contributed by atoms with Gasteiger partial charge in [0.15, 0.2) is 0 Å². The van der Waals surface area contributed by atoms with E-state index in [1.54, 1.807) is 18.3 Å². The third-order valence-corrected chi connectivity index (χ3v) is 2.57. The molecule has 94 valence electrons. The summed E-state index contributed by atoms with van der Waals surface area (Å²) in [4.78, 5) is 15.3. The van der Waals surface area contributed by atoms with Crippen LogP contribution in [0, 0.1) is 5.92 Å². The average Bonchev–Trinajstić information content (AvgIpc) is 2.34. The van der Waals surface area contributed by atoms with Crippen molar-refractivity contribution in [3.8, 4) is 0 Å². The zero-order valence-electron chi connectivity index (χ0n) is 10.4. The first-order valence-corrected chi connectivity index (χ1v) is 5.59. The van der Waals surface area contributed by atoms with E-state index in [9.17, 15) is 4.79 Å². The molecule has 0 saturated heterocycles. The Morgan fingerprint density at radius 3 is 2.82 bits per heavy atom. The maximum Gasteiger partial charge on any atom is 0.356 e. The lowest BCUT2D eigenvalue weighted by Crippen LogP contribution is -2.33. The predicted octanol–water partition coefficient (Wildman–Crippen LogP) is 1.26. The SMILES string of the molecule is COC(=O)c1cc(NC(CN)C(C)C)ccn1. The molecule has 5 heteroatoms. The predicted molar refractivity (Wildman–Crippen MR) is 66.9 cm³/mol. The minimum atomic E-state index is -0.442. The first-order valence-electron chi connectivity index (χ1n) is 5.59. The molecular weight excluding hydrogens is 218 g/mol. The smallest absolute Gasteiger partial charge is 0.356 e. The van der Waals surface area contributed by atoms with E-state index in [1.807, 2.05) is 0 Å². The third kappa shape index (κ3) is 3.71. The van der Waals surface area contributed by atoms with E-state index in [-0.39, 0.29) is 11.7 Å². The molecule has 3 N–H and O–H groups in total. The molecule has 0 amide bonds. The number of hydrogen-bond donors (Lipinski definition) is 2. The summed E-state index contributed by atoms with van der Waals surface area (Å²) in [6, 6.07) is 3.64. The van der Waals surface area contributed by atoms with Crippen molar-refractivity contribution in [2.75, 3.05) is 19.0 Å². The summed E-state index contributed by atoms with van der Waals surface area (Å²) in [6.45, 7) is 4.72. The number of pyridine rings is 1. The van der Waals surface area contributed by atoms with Gasteiger partial charge in [0.25, 0.3) is 0 Å². The molecule has 1 aromatic heterocycles. The van der Waals surface area contributed by atoms with Crippen molar-refractivity contribution in [3.05, 3.63) is 24.0 Å². The Balaban J connectivity index is 2.81. The number of aromatic nitrogens is 1. The van der Waals surface area contributed by atoms with Crippen molar-refractivity contribution in [1.29, 1.82) is 0 Å². The molecule has 5 nitrogen and oxygen atoms in total. The maximum absolute atomic E-state index is 11.3. The molecule has 1 atom stereocenters. The van der Waals surface area contributed by atoms with Crippen LogP contribution < -0.4 is 11.1 Å². The molecule has 1 heterocycles. The van der Waals surface area contributed by atoms with Crippen LogP contribution in [0.2, 0.25) is 0 Å². The highest BCUT2D eigenvalue weighted by atomic mass is 16.5. The molecule has 1 aromatic rings. The number of nitrogens with one attached hydrogen (secondary N) is 1. The third-order valence-electron chi connectivity index (χ3n) is 2.57. The van der Waals surface area contributed by atoms with E-state index < -0.39 is 5.97 Å². The number of esters is 1. The number of ether oxygens (including phenoxy) is 1. The second-order valence-corrected chi connectivity index (χ2v) is 4.15. The fourth-order valence-corrected chi connectivity index (χ4v) is 1.45. The van der Waals surface area contributed by atoms with E-state index >= 15 is 0 Å². The Labute approximate surface area is 101 Å². The van der Waals surface area contributed by atoms with Crippen molar-refractivity contribution in [3.63, 3.8) is 0 Å². The van der Waals surface area contributed by atoms with Gasteiger partial charge in [-0.05, 0) is 18.1 Å². The van der Waals surface area contributed by atoms with E-state index in [0.717, 1.165) is 5.69 Å². The Bertz CT molecular complexity index is 380. The van der Waals surface area contributed by atoms with Crippen molar-refractivity contribution < 1.29 is 9.53 Å². The molecule has 0 aliphatic heterocycles. The Morgan fingerprint density at radius 2 is 2.29 bits per heavy atom. The van der Waals surface area contributed by atoms with Gasteiger partial charge in [-0.2, -0.15) is 0 Å². The van der Waals surface area contributed by atoms with Crippen molar-refractivity contribution in [1.82, 2.24) is 4.98 Å². The van der Waals surface area contributed by atoms with E-state index in [0.29, 0.717) is 12.5 Å². The molecule has 0 radical (unpaired) electrons. The van der Waals surface area contributed by atoms with Crippen LogP contribution in [0.15, 0.2) is 18.3 Å². The average molecular weight is 237 g/mol. The molecule has 1 rings (SSSR count). The first kappa shape index (κ1) is 13.4. The molecule has 0 bridgehead atoms. The van der Waals surface area contributed by atoms with Crippen LogP contribution in [0.3, 0.4) is 0 Å². The highest BCUT2D eigenvalue weighted by Crippen LogP contribution is 2.13. The molecule has 0 aromatic carbocycles. The topological polar surface area (TPSA) is 77.2 Å². The number of hydrogen-bond acceptors (Lipinski definition) is 5. The van der Waals surface area contributed by atoms with Crippen molar-refractivity contribution >= 4 is 11.7 Å². The summed E-state index contributed by atoms with van der Waals surface area (Å²) in [6.07, 6.45) is 1.57. The van der Waals surface area contributed by atoms with E-state index in [4.69, 9.17) is 5.73 Å². The van der Waals surface area contributed by atoms with Gasteiger partial charge >= 0.3 is 5.97 Å². The molecule has 1 unspecified atom stereocenters. The largest absolute Gasteiger partial charge is 0.464 e. The lowest BCUT2D eigenvalue weighted by molar-refractivity contribution is 0.0594. The van der Waals surface area contributed by atoms with Gasteiger partial charge in [0, 0.05) is 24.5 Å². The summed E-state index contributed by atoms with van der Waals surface area (Å²) in [5, 5.41) is 3.27. The van der Waals surface area contributed by atoms with Gasteiger partial charge in [0.2, 0.25) is 0 Å². The van der Waals surface area contributed by atoms with Gasteiger partial charge in [-0.15, -0.1) is 0 Å². The molecular formula is C12H19N3O2. The first-order chi connectivity index (χ1) is 8.08. The van der Waals surface area contributed by atoms with Gasteiger partial charge in [-0.25, -0.2) is 9.78 Å². The number of rotatable bonds is 5. The Morgan fingerprint density at radius 1 is 1.59 bits per heavy atom. The van der Waals surface area contributed by atoms with Crippen LogP contribution in [0.25, 0.3) is 0 Å². The van der Waals surface area contributed by atoms with Crippen LogP contribution in [0.5, 0.6) is 0 Å². The van der Waals surface area contributed by atoms with Gasteiger partial charge in [0.1, 0.15) is 5.69 Å². The summed E-state index contributed by atoms with van der Waals surface area (Å²) >= 11 is 0.